The Morgan fingerprint density at radius 2 is 2.20 bits per heavy atom. The Hall–Kier alpha value is -0.900. The van der Waals surface area contributed by atoms with Crippen LogP contribution in [0.2, 0.25) is 0 Å². The van der Waals surface area contributed by atoms with E-state index in [9.17, 15) is 5.11 Å². The molecule has 1 atom stereocenters. The van der Waals surface area contributed by atoms with Crippen molar-refractivity contribution in [1.29, 1.82) is 0 Å². The van der Waals surface area contributed by atoms with Crippen molar-refractivity contribution in [2.45, 2.75) is 58.6 Å². The normalized spacial score (nSPS) is 13.4. The highest BCUT2D eigenvalue weighted by atomic mass is 16.3. The highest BCUT2D eigenvalue weighted by molar-refractivity contribution is 4.86. The average molecular weight is 211 g/mol. The van der Waals surface area contributed by atoms with Crippen LogP contribution in [0.1, 0.15) is 51.9 Å². The zero-order valence-corrected chi connectivity index (χ0v) is 9.85. The first-order valence-corrected chi connectivity index (χ1v) is 5.71. The van der Waals surface area contributed by atoms with E-state index in [4.69, 9.17) is 0 Å². The third-order valence-corrected chi connectivity index (χ3v) is 2.55. The summed E-state index contributed by atoms with van der Waals surface area (Å²) < 4.78 is 1.94. The fraction of sp³-hybridized carbons (Fsp3) is 0.818. The van der Waals surface area contributed by atoms with E-state index in [1.54, 1.807) is 6.33 Å². The summed E-state index contributed by atoms with van der Waals surface area (Å²) in [6, 6.07) is 0.360. The topological polar surface area (TPSA) is 50.9 Å². The minimum Gasteiger partial charge on any atom is -0.393 e. The number of hydrogen-bond donors (Lipinski definition) is 1. The van der Waals surface area contributed by atoms with Gasteiger partial charge in [-0.15, -0.1) is 0 Å². The molecule has 0 bridgehead atoms. The van der Waals surface area contributed by atoms with Gasteiger partial charge < -0.3 is 5.11 Å². The molecule has 0 aromatic carbocycles. The molecule has 1 aromatic heterocycles. The molecule has 0 aliphatic heterocycles. The van der Waals surface area contributed by atoms with Crippen molar-refractivity contribution in [2.24, 2.45) is 0 Å². The Kier molecular flexibility index (Phi) is 4.75. The SMILES string of the molecule is CCC(O)CCCc1ncnn1C(C)C. The van der Waals surface area contributed by atoms with Gasteiger partial charge in [-0.2, -0.15) is 5.10 Å². The lowest BCUT2D eigenvalue weighted by molar-refractivity contribution is 0.157. The number of aromatic nitrogens is 3. The number of hydrogen-bond acceptors (Lipinski definition) is 3. The summed E-state index contributed by atoms with van der Waals surface area (Å²) in [7, 11) is 0. The van der Waals surface area contributed by atoms with Crippen LogP contribution in [0.4, 0.5) is 0 Å². The van der Waals surface area contributed by atoms with Crippen LogP contribution in [0.25, 0.3) is 0 Å². The van der Waals surface area contributed by atoms with Crippen LogP contribution in [-0.4, -0.2) is 26.0 Å². The van der Waals surface area contributed by atoms with E-state index < -0.39 is 0 Å². The predicted molar refractivity (Wildman–Crippen MR) is 59.6 cm³/mol. The predicted octanol–water partition coefficient (Wildman–Crippen LogP) is 1.95. The Morgan fingerprint density at radius 1 is 1.47 bits per heavy atom. The maximum Gasteiger partial charge on any atom is 0.138 e. The van der Waals surface area contributed by atoms with Gasteiger partial charge in [0.25, 0.3) is 0 Å². The first kappa shape index (κ1) is 12.2. The Labute approximate surface area is 91.3 Å². The van der Waals surface area contributed by atoms with E-state index in [-0.39, 0.29) is 6.10 Å². The monoisotopic (exact) mass is 211 g/mol. The van der Waals surface area contributed by atoms with Crippen LogP contribution in [0.3, 0.4) is 0 Å². The van der Waals surface area contributed by atoms with Crippen LogP contribution in [0.5, 0.6) is 0 Å². The Bertz CT molecular complexity index is 283. The lowest BCUT2D eigenvalue weighted by Crippen LogP contribution is -2.10. The zero-order valence-electron chi connectivity index (χ0n) is 9.85. The summed E-state index contributed by atoms with van der Waals surface area (Å²) in [4.78, 5) is 4.23. The van der Waals surface area contributed by atoms with E-state index in [1.165, 1.54) is 0 Å². The second-order valence-corrected chi connectivity index (χ2v) is 4.17. The Balaban J connectivity index is 2.40. The van der Waals surface area contributed by atoms with Crippen LogP contribution in [0.15, 0.2) is 6.33 Å². The molecule has 0 saturated carbocycles. The van der Waals surface area contributed by atoms with Gasteiger partial charge in [-0.1, -0.05) is 6.92 Å². The summed E-state index contributed by atoms with van der Waals surface area (Å²) in [5.74, 6) is 1.02. The van der Waals surface area contributed by atoms with E-state index in [1.807, 2.05) is 11.6 Å². The molecule has 1 N–H and O–H groups in total. The summed E-state index contributed by atoms with van der Waals surface area (Å²) in [6.07, 6.45) is 4.99. The van der Waals surface area contributed by atoms with Crippen LogP contribution >= 0.6 is 0 Å². The van der Waals surface area contributed by atoms with Crippen LogP contribution in [-0.2, 0) is 6.42 Å². The van der Waals surface area contributed by atoms with Gasteiger partial charge in [0.05, 0.1) is 6.10 Å². The lowest BCUT2D eigenvalue weighted by Gasteiger charge is -2.10. The average Bonchev–Trinajstić information content (AvgIpc) is 2.65. The molecule has 0 fully saturated rings. The van der Waals surface area contributed by atoms with Gasteiger partial charge in [0.1, 0.15) is 12.2 Å². The fourth-order valence-corrected chi connectivity index (χ4v) is 1.58. The molecule has 0 amide bonds. The van der Waals surface area contributed by atoms with Gasteiger partial charge in [0, 0.05) is 12.5 Å². The highest BCUT2D eigenvalue weighted by Crippen LogP contribution is 2.10. The van der Waals surface area contributed by atoms with Gasteiger partial charge >= 0.3 is 0 Å². The van der Waals surface area contributed by atoms with Crippen molar-refractivity contribution >= 4 is 0 Å². The van der Waals surface area contributed by atoms with Gasteiger partial charge in [-0.3, -0.25) is 0 Å². The first-order chi connectivity index (χ1) is 7.15. The molecule has 0 aliphatic carbocycles. The molecule has 1 unspecified atom stereocenters. The van der Waals surface area contributed by atoms with E-state index >= 15 is 0 Å². The molecule has 0 aliphatic rings. The van der Waals surface area contributed by atoms with Crippen molar-refractivity contribution in [3.8, 4) is 0 Å². The number of aliphatic hydroxyl groups excluding tert-OH is 1. The molecule has 0 radical (unpaired) electrons. The number of aliphatic hydroxyl groups is 1. The second kappa shape index (κ2) is 5.85. The van der Waals surface area contributed by atoms with Gasteiger partial charge in [0.15, 0.2) is 0 Å². The van der Waals surface area contributed by atoms with Crippen LogP contribution in [0, 0.1) is 0 Å². The third kappa shape index (κ3) is 3.63. The summed E-state index contributed by atoms with van der Waals surface area (Å²) >= 11 is 0. The van der Waals surface area contributed by atoms with Gasteiger partial charge in [-0.25, -0.2) is 9.67 Å². The van der Waals surface area contributed by atoms with Crippen molar-refractivity contribution in [1.82, 2.24) is 14.8 Å². The number of aryl methyl sites for hydroxylation is 1. The van der Waals surface area contributed by atoms with E-state index in [2.05, 4.69) is 23.9 Å². The second-order valence-electron chi connectivity index (χ2n) is 4.17. The molecule has 0 saturated heterocycles. The van der Waals surface area contributed by atoms with E-state index in [0.29, 0.717) is 6.04 Å². The number of rotatable bonds is 6. The molecule has 86 valence electrons. The maximum atomic E-state index is 9.42. The zero-order chi connectivity index (χ0) is 11.3. The standard InChI is InChI=1S/C11H21N3O/c1-4-10(15)6-5-7-11-12-8-13-14(11)9(2)3/h8-10,15H,4-7H2,1-3H3. The minimum absolute atomic E-state index is 0.166. The number of nitrogens with zero attached hydrogens (tertiary/aromatic N) is 3. The smallest absolute Gasteiger partial charge is 0.138 e. The largest absolute Gasteiger partial charge is 0.393 e. The summed E-state index contributed by atoms with van der Waals surface area (Å²) in [5.41, 5.74) is 0. The maximum absolute atomic E-state index is 9.42. The molecule has 15 heavy (non-hydrogen) atoms. The van der Waals surface area contributed by atoms with Crippen molar-refractivity contribution < 1.29 is 5.11 Å². The van der Waals surface area contributed by atoms with Crippen molar-refractivity contribution in [3.63, 3.8) is 0 Å². The lowest BCUT2D eigenvalue weighted by atomic mass is 10.1. The third-order valence-electron chi connectivity index (χ3n) is 2.55. The quantitative estimate of drug-likeness (QED) is 0.782. The molecular weight excluding hydrogens is 190 g/mol. The summed E-state index contributed by atoms with van der Waals surface area (Å²) in [5, 5.41) is 13.6. The fourth-order valence-electron chi connectivity index (χ4n) is 1.58. The molecule has 0 spiro atoms. The van der Waals surface area contributed by atoms with Gasteiger partial charge in [0.2, 0.25) is 0 Å². The molecule has 1 heterocycles. The molecule has 1 rings (SSSR count). The molecule has 1 aromatic rings. The highest BCUT2D eigenvalue weighted by Gasteiger charge is 2.08. The first-order valence-electron chi connectivity index (χ1n) is 5.71. The minimum atomic E-state index is -0.166. The van der Waals surface area contributed by atoms with Crippen molar-refractivity contribution in [2.75, 3.05) is 0 Å². The molecule has 4 heteroatoms. The van der Waals surface area contributed by atoms with Crippen LogP contribution < -0.4 is 0 Å². The summed E-state index contributed by atoms with van der Waals surface area (Å²) in [6.45, 7) is 6.19. The van der Waals surface area contributed by atoms with Gasteiger partial charge in [-0.05, 0) is 33.1 Å². The molecule has 4 nitrogen and oxygen atoms in total. The van der Waals surface area contributed by atoms with E-state index in [0.717, 1.165) is 31.5 Å². The Morgan fingerprint density at radius 3 is 2.80 bits per heavy atom. The molecular formula is C11H21N3O. The van der Waals surface area contributed by atoms with Crippen molar-refractivity contribution in [3.05, 3.63) is 12.2 Å².